The number of thiazole rings is 1. The molecule has 1 amide bonds. The van der Waals surface area contributed by atoms with Crippen LogP contribution in [0.5, 0.6) is 0 Å². The summed E-state index contributed by atoms with van der Waals surface area (Å²) in [4.78, 5) is 19.2. The third kappa shape index (κ3) is 3.85. The molecule has 0 spiro atoms. The van der Waals surface area contributed by atoms with Crippen LogP contribution < -0.4 is 21.7 Å². The molecule has 0 radical (unpaired) electrons. The maximum Gasteiger partial charge on any atom is 0.265 e. The van der Waals surface area contributed by atoms with Crippen LogP contribution >= 0.6 is 11.3 Å². The van der Waals surface area contributed by atoms with Crippen LogP contribution in [0.3, 0.4) is 0 Å². The Balaban J connectivity index is 2.05. The Morgan fingerprint density at radius 3 is 2.86 bits per heavy atom. The number of anilines is 2. The van der Waals surface area contributed by atoms with Crippen LogP contribution in [-0.2, 0) is 0 Å². The van der Waals surface area contributed by atoms with Crippen LogP contribution in [0.4, 0.5) is 10.9 Å². The van der Waals surface area contributed by atoms with Crippen LogP contribution in [-0.4, -0.2) is 36.6 Å². The first kappa shape index (κ1) is 16.0. The largest absolute Gasteiger partial charge is 0.382 e. The first-order chi connectivity index (χ1) is 10.0. The maximum absolute atomic E-state index is 12.4. The third-order valence-electron chi connectivity index (χ3n) is 3.87. The molecule has 21 heavy (non-hydrogen) atoms. The lowest BCUT2D eigenvalue weighted by atomic mass is 9.91. The van der Waals surface area contributed by atoms with E-state index in [2.05, 4.69) is 17.2 Å². The second kappa shape index (κ2) is 7.09. The van der Waals surface area contributed by atoms with Crippen LogP contribution in [0.1, 0.15) is 48.7 Å². The van der Waals surface area contributed by atoms with E-state index in [4.69, 9.17) is 11.5 Å². The first-order valence-corrected chi connectivity index (χ1v) is 8.38. The van der Waals surface area contributed by atoms with E-state index in [0.717, 1.165) is 43.8 Å². The fraction of sp³-hybridized carbons (Fsp3) is 0.714. The van der Waals surface area contributed by atoms with Crippen LogP contribution in [0.25, 0.3) is 0 Å². The molecular weight excluding hydrogens is 286 g/mol. The molecule has 0 bridgehead atoms. The number of nitrogen functional groups attached to an aromatic ring is 1. The minimum atomic E-state index is -0.150. The van der Waals surface area contributed by atoms with Crippen molar-refractivity contribution in [3.05, 3.63) is 4.88 Å². The van der Waals surface area contributed by atoms with Crippen molar-refractivity contribution in [3.63, 3.8) is 0 Å². The normalized spacial score (nSPS) is 22.0. The van der Waals surface area contributed by atoms with Gasteiger partial charge in [0.2, 0.25) is 0 Å². The molecule has 5 N–H and O–H groups in total. The summed E-state index contributed by atoms with van der Waals surface area (Å²) in [5.74, 6) is 0.156. The summed E-state index contributed by atoms with van der Waals surface area (Å²) >= 11 is 1.34. The highest BCUT2D eigenvalue weighted by atomic mass is 32.1. The van der Waals surface area contributed by atoms with Gasteiger partial charge in [-0.1, -0.05) is 31.1 Å². The lowest BCUT2D eigenvalue weighted by Gasteiger charge is -2.29. The van der Waals surface area contributed by atoms with Gasteiger partial charge in [-0.3, -0.25) is 4.79 Å². The molecule has 0 saturated heterocycles. The zero-order valence-corrected chi connectivity index (χ0v) is 13.6. The zero-order valence-electron chi connectivity index (χ0n) is 12.8. The van der Waals surface area contributed by atoms with E-state index in [1.54, 1.807) is 0 Å². The van der Waals surface area contributed by atoms with Gasteiger partial charge in [-0.05, 0) is 19.3 Å². The Kier molecular flexibility index (Phi) is 5.41. The summed E-state index contributed by atoms with van der Waals surface area (Å²) in [6, 6.07) is 0.0867. The number of nitrogens with zero attached hydrogens (tertiary/aromatic N) is 2. The molecule has 1 aromatic rings. The fourth-order valence-electron chi connectivity index (χ4n) is 2.65. The van der Waals surface area contributed by atoms with Crippen molar-refractivity contribution >= 4 is 28.2 Å². The highest BCUT2D eigenvalue weighted by molar-refractivity contribution is 7.18. The standard InChI is InChI=1S/C14H25N5OS/c1-3-8-19(2)14-18-12(16)11(21-14)13(20)17-10-7-5-4-6-9(10)15/h9-10H,3-8,15-16H2,1-2H3,(H,17,20). The first-order valence-electron chi connectivity index (χ1n) is 7.56. The topological polar surface area (TPSA) is 97.3 Å². The summed E-state index contributed by atoms with van der Waals surface area (Å²) in [7, 11) is 1.96. The molecule has 1 saturated carbocycles. The molecular formula is C14H25N5OS. The van der Waals surface area contributed by atoms with Gasteiger partial charge in [-0.25, -0.2) is 4.98 Å². The SMILES string of the molecule is CCCN(C)c1nc(N)c(C(=O)NC2CCCCC2N)s1. The quantitative estimate of drug-likeness (QED) is 0.767. The smallest absolute Gasteiger partial charge is 0.265 e. The van der Waals surface area contributed by atoms with E-state index in [0.29, 0.717) is 10.7 Å². The van der Waals surface area contributed by atoms with Gasteiger partial charge >= 0.3 is 0 Å². The maximum atomic E-state index is 12.4. The minimum absolute atomic E-state index is 0.0408. The van der Waals surface area contributed by atoms with Crippen molar-refractivity contribution in [2.24, 2.45) is 5.73 Å². The van der Waals surface area contributed by atoms with E-state index in [1.807, 2.05) is 11.9 Å². The Morgan fingerprint density at radius 1 is 1.48 bits per heavy atom. The molecule has 0 aliphatic heterocycles. The summed E-state index contributed by atoms with van der Waals surface area (Å²) in [5.41, 5.74) is 12.0. The molecule has 2 atom stereocenters. The van der Waals surface area contributed by atoms with Gasteiger partial charge in [-0.2, -0.15) is 0 Å². The number of nitrogens with one attached hydrogen (secondary N) is 1. The zero-order chi connectivity index (χ0) is 15.4. The molecule has 1 heterocycles. The van der Waals surface area contributed by atoms with Gasteiger partial charge in [0.25, 0.3) is 5.91 Å². The summed E-state index contributed by atoms with van der Waals surface area (Å²) in [5, 5.41) is 3.80. The number of carbonyl (C=O) groups excluding carboxylic acids is 1. The lowest BCUT2D eigenvalue weighted by molar-refractivity contribution is 0.0926. The molecule has 118 valence electrons. The van der Waals surface area contributed by atoms with Crippen LogP contribution in [0.2, 0.25) is 0 Å². The molecule has 1 aliphatic carbocycles. The predicted octanol–water partition coefficient (Wildman–Crippen LogP) is 1.57. The minimum Gasteiger partial charge on any atom is -0.382 e. The van der Waals surface area contributed by atoms with Gasteiger partial charge in [0, 0.05) is 25.7 Å². The van der Waals surface area contributed by atoms with Crippen molar-refractivity contribution in [2.75, 3.05) is 24.2 Å². The summed E-state index contributed by atoms with van der Waals surface area (Å²) in [6.07, 6.45) is 5.18. The molecule has 0 aromatic carbocycles. The van der Waals surface area contributed by atoms with Crippen molar-refractivity contribution in [1.82, 2.24) is 10.3 Å². The van der Waals surface area contributed by atoms with Crippen molar-refractivity contribution < 1.29 is 4.79 Å². The van der Waals surface area contributed by atoms with Gasteiger partial charge in [0.05, 0.1) is 0 Å². The molecule has 7 heteroatoms. The van der Waals surface area contributed by atoms with E-state index in [-0.39, 0.29) is 18.0 Å². The number of hydrogen-bond donors (Lipinski definition) is 3. The number of aromatic nitrogens is 1. The number of amides is 1. The predicted molar refractivity (Wildman–Crippen MR) is 87.8 cm³/mol. The average Bonchev–Trinajstić information content (AvgIpc) is 2.84. The van der Waals surface area contributed by atoms with Crippen LogP contribution in [0.15, 0.2) is 0 Å². The number of rotatable bonds is 5. The van der Waals surface area contributed by atoms with Crippen LogP contribution in [0, 0.1) is 0 Å². The molecule has 2 rings (SSSR count). The second-order valence-electron chi connectivity index (χ2n) is 5.66. The average molecular weight is 311 g/mol. The fourth-order valence-corrected chi connectivity index (χ4v) is 3.53. The van der Waals surface area contributed by atoms with Gasteiger partial charge in [0.15, 0.2) is 5.13 Å². The molecule has 1 fully saturated rings. The highest BCUT2D eigenvalue weighted by Gasteiger charge is 2.26. The molecule has 1 aliphatic rings. The summed E-state index contributed by atoms with van der Waals surface area (Å²) < 4.78 is 0. The number of carbonyl (C=O) groups is 1. The number of hydrogen-bond acceptors (Lipinski definition) is 6. The summed E-state index contributed by atoms with van der Waals surface area (Å²) in [6.45, 7) is 2.99. The van der Waals surface area contributed by atoms with Gasteiger partial charge < -0.3 is 21.7 Å². The third-order valence-corrected chi connectivity index (χ3v) is 5.05. The molecule has 1 aromatic heterocycles. The van der Waals surface area contributed by atoms with E-state index < -0.39 is 0 Å². The van der Waals surface area contributed by atoms with Crippen molar-refractivity contribution in [3.8, 4) is 0 Å². The highest BCUT2D eigenvalue weighted by Crippen LogP contribution is 2.28. The second-order valence-corrected chi connectivity index (χ2v) is 6.64. The van der Waals surface area contributed by atoms with E-state index in [1.165, 1.54) is 11.3 Å². The van der Waals surface area contributed by atoms with E-state index in [9.17, 15) is 4.79 Å². The Labute approximate surface area is 129 Å². The number of nitrogens with two attached hydrogens (primary N) is 2. The Bertz CT molecular complexity index is 490. The van der Waals surface area contributed by atoms with Crippen molar-refractivity contribution in [1.29, 1.82) is 0 Å². The van der Waals surface area contributed by atoms with Crippen molar-refractivity contribution in [2.45, 2.75) is 51.1 Å². The van der Waals surface area contributed by atoms with Gasteiger partial charge in [-0.15, -0.1) is 0 Å². The lowest BCUT2D eigenvalue weighted by Crippen LogP contribution is -2.49. The molecule has 6 nitrogen and oxygen atoms in total. The Morgan fingerprint density at radius 2 is 2.19 bits per heavy atom. The van der Waals surface area contributed by atoms with E-state index >= 15 is 0 Å². The Hall–Kier alpha value is -1.34. The van der Waals surface area contributed by atoms with Gasteiger partial charge in [0.1, 0.15) is 10.7 Å². The molecule has 2 unspecified atom stereocenters. The monoisotopic (exact) mass is 311 g/mol.